The Bertz CT molecular complexity index is 1440. The predicted molar refractivity (Wildman–Crippen MR) is 152 cm³/mol. The number of benzene rings is 1. The third-order valence-electron chi connectivity index (χ3n) is 7.34. The average molecular weight is 587 g/mol. The fourth-order valence-electron chi connectivity index (χ4n) is 5.01. The van der Waals surface area contributed by atoms with Gasteiger partial charge in [0, 0.05) is 37.7 Å². The molecule has 0 bridgehead atoms. The number of nitrogens with zero attached hydrogens (tertiary/aromatic N) is 3. The van der Waals surface area contributed by atoms with Crippen LogP contribution in [0.2, 0.25) is 0 Å². The number of halogens is 3. The number of esters is 2. The molecule has 1 N–H and O–H groups in total. The molecule has 0 saturated carbocycles. The van der Waals surface area contributed by atoms with Crippen molar-refractivity contribution in [3.05, 3.63) is 70.0 Å². The van der Waals surface area contributed by atoms with Gasteiger partial charge in [-0.1, -0.05) is 45.0 Å². The summed E-state index contributed by atoms with van der Waals surface area (Å²) >= 11 is 0. The summed E-state index contributed by atoms with van der Waals surface area (Å²) in [6, 6.07) is 11.7. The van der Waals surface area contributed by atoms with Gasteiger partial charge in [0.25, 0.3) is 0 Å². The SMILES string of the molecule is Cc1ccc(C(C)(C)C)cc1C(CC(=O)OC(=O)C(F)(F)F)Cc1cc(OCCc2ccc3c(n2)NCCC3)n(C)n1. The first kappa shape index (κ1) is 31.1. The Balaban J connectivity index is 1.50. The van der Waals surface area contributed by atoms with Crippen LogP contribution in [-0.2, 0) is 46.1 Å². The highest BCUT2D eigenvalue weighted by molar-refractivity contribution is 5.88. The smallest absolute Gasteiger partial charge is 0.477 e. The average Bonchev–Trinajstić information content (AvgIpc) is 3.25. The normalized spacial score (nSPS) is 14.1. The number of fused-ring (bicyclic) bond motifs is 1. The maximum atomic E-state index is 12.7. The van der Waals surface area contributed by atoms with Crippen molar-refractivity contribution in [2.75, 3.05) is 18.5 Å². The second kappa shape index (κ2) is 12.5. The summed E-state index contributed by atoms with van der Waals surface area (Å²) in [4.78, 5) is 28.5. The molecule has 3 aromatic rings. The first-order valence-corrected chi connectivity index (χ1v) is 14.0. The van der Waals surface area contributed by atoms with Gasteiger partial charge in [0.2, 0.25) is 5.88 Å². The molecule has 0 saturated heterocycles. The zero-order chi connectivity index (χ0) is 30.7. The lowest BCUT2D eigenvalue weighted by Gasteiger charge is -2.24. The van der Waals surface area contributed by atoms with Gasteiger partial charge in [-0.25, -0.2) is 14.5 Å². The van der Waals surface area contributed by atoms with Crippen molar-refractivity contribution in [1.29, 1.82) is 0 Å². The Labute approximate surface area is 243 Å². The molecule has 0 radical (unpaired) electrons. The standard InChI is InChI=1S/C31H37F3N4O4/c1-19-8-10-22(30(2,3)4)17-25(19)21(16-27(39)42-29(40)31(32,33)34)15-24-18-26(38(5)37-24)41-14-12-23-11-9-20-7-6-13-35-28(20)36-23/h8-11,17-18,21H,6-7,12-16H2,1-5H3,(H,35,36). The highest BCUT2D eigenvalue weighted by Gasteiger charge is 2.42. The molecule has 0 spiro atoms. The number of ether oxygens (including phenoxy) is 2. The lowest BCUT2D eigenvalue weighted by molar-refractivity contribution is -0.202. The van der Waals surface area contributed by atoms with Crippen LogP contribution >= 0.6 is 0 Å². The third-order valence-corrected chi connectivity index (χ3v) is 7.34. The Kier molecular flexibility index (Phi) is 9.27. The molecular formula is C31H37F3N4O4. The van der Waals surface area contributed by atoms with Crippen molar-refractivity contribution < 1.29 is 32.2 Å². The van der Waals surface area contributed by atoms with Crippen LogP contribution in [0.4, 0.5) is 19.0 Å². The molecule has 42 heavy (non-hydrogen) atoms. The van der Waals surface area contributed by atoms with Crippen LogP contribution in [0.15, 0.2) is 36.4 Å². The summed E-state index contributed by atoms with van der Waals surface area (Å²) in [5, 5.41) is 7.86. The second-order valence-corrected chi connectivity index (χ2v) is 11.7. The van der Waals surface area contributed by atoms with Gasteiger partial charge in [-0.15, -0.1) is 0 Å². The number of rotatable bonds is 9. The zero-order valence-corrected chi connectivity index (χ0v) is 24.6. The first-order valence-electron chi connectivity index (χ1n) is 14.0. The maximum absolute atomic E-state index is 12.7. The van der Waals surface area contributed by atoms with E-state index in [9.17, 15) is 22.8 Å². The Morgan fingerprint density at radius 1 is 1.10 bits per heavy atom. The van der Waals surface area contributed by atoms with Crippen molar-refractivity contribution in [1.82, 2.24) is 14.8 Å². The minimum absolute atomic E-state index is 0.200. The number of aryl methyl sites for hydroxylation is 3. The van der Waals surface area contributed by atoms with E-state index in [2.05, 4.69) is 26.2 Å². The van der Waals surface area contributed by atoms with Gasteiger partial charge in [0.05, 0.1) is 18.7 Å². The van der Waals surface area contributed by atoms with E-state index in [0.717, 1.165) is 47.6 Å². The van der Waals surface area contributed by atoms with Crippen LogP contribution in [0.3, 0.4) is 0 Å². The van der Waals surface area contributed by atoms with Gasteiger partial charge in [-0.2, -0.15) is 18.3 Å². The Morgan fingerprint density at radius 3 is 2.57 bits per heavy atom. The number of aromatic nitrogens is 3. The van der Waals surface area contributed by atoms with Crippen LogP contribution in [0.5, 0.6) is 5.88 Å². The molecule has 4 rings (SSSR count). The van der Waals surface area contributed by atoms with E-state index in [0.29, 0.717) is 24.6 Å². The van der Waals surface area contributed by atoms with Gasteiger partial charge in [0.15, 0.2) is 0 Å². The fraction of sp³-hybridized carbons (Fsp3) is 0.484. The van der Waals surface area contributed by atoms with Crippen LogP contribution in [0, 0.1) is 6.92 Å². The summed E-state index contributed by atoms with van der Waals surface area (Å²) in [5.41, 5.74) is 5.15. The van der Waals surface area contributed by atoms with E-state index in [1.165, 1.54) is 5.56 Å². The number of carbonyl (C=O) groups is 2. The molecule has 2 aromatic heterocycles. The molecule has 1 aliphatic rings. The number of nitrogens with one attached hydrogen (secondary N) is 1. The van der Waals surface area contributed by atoms with Gasteiger partial charge in [-0.3, -0.25) is 4.79 Å². The zero-order valence-electron chi connectivity index (χ0n) is 24.6. The summed E-state index contributed by atoms with van der Waals surface area (Å²) < 4.78 is 49.9. The lowest BCUT2D eigenvalue weighted by atomic mass is 9.81. The van der Waals surface area contributed by atoms with Crippen molar-refractivity contribution >= 4 is 17.8 Å². The van der Waals surface area contributed by atoms with E-state index in [-0.39, 0.29) is 11.8 Å². The van der Waals surface area contributed by atoms with Crippen molar-refractivity contribution in [2.45, 2.75) is 77.3 Å². The van der Waals surface area contributed by atoms with Gasteiger partial charge in [-0.05, 0) is 59.9 Å². The molecule has 1 atom stereocenters. The van der Waals surface area contributed by atoms with Crippen molar-refractivity contribution in [3.63, 3.8) is 0 Å². The quantitative estimate of drug-likeness (QED) is 0.252. The van der Waals surface area contributed by atoms with Gasteiger partial charge in [0.1, 0.15) is 5.82 Å². The third kappa shape index (κ3) is 7.89. The summed E-state index contributed by atoms with van der Waals surface area (Å²) in [6.07, 6.45) is -2.77. The lowest BCUT2D eigenvalue weighted by Crippen LogP contribution is -2.28. The molecule has 0 aliphatic carbocycles. The van der Waals surface area contributed by atoms with Gasteiger partial charge < -0.3 is 14.8 Å². The molecule has 0 amide bonds. The first-order chi connectivity index (χ1) is 19.7. The van der Waals surface area contributed by atoms with Crippen LogP contribution in [0.1, 0.15) is 73.2 Å². The molecule has 1 unspecified atom stereocenters. The molecule has 1 aromatic carbocycles. The number of carbonyl (C=O) groups excluding carboxylic acids is 2. The van der Waals surface area contributed by atoms with Gasteiger partial charge >= 0.3 is 18.1 Å². The highest BCUT2D eigenvalue weighted by atomic mass is 19.4. The van der Waals surface area contributed by atoms with E-state index in [1.54, 1.807) is 17.8 Å². The Morgan fingerprint density at radius 2 is 1.86 bits per heavy atom. The van der Waals surface area contributed by atoms with E-state index in [4.69, 9.17) is 4.74 Å². The number of alkyl halides is 3. The molecule has 226 valence electrons. The monoisotopic (exact) mass is 586 g/mol. The molecule has 1 aliphatic heterocycles. The highest BCUT2D eigenvalue weighted by Crippen LogP contribution is 2.33. The molecule has 11 heteroatoms. The number of pyridine rings is 1. The molecule has 0 fully saturated rings. The minimum atomic E-state index is -5.26. The van der Waals surface area contributed by atoms with Crippen LogP contribution in [0.25, 0.3) is 0 Å². The predicted octanol–water partition coefficient (Wildman–Crippen LogP) is 5.75. The molecule has 3 heterocycles. The van der Waals surface area contributed by atoms with Crippen molar-refractivity contribution in [3.8, 4) is 5.88 Å². The maximum Gasteiger partial charge on any atom is 0.491 e. The van der Waals surface area contributed by atoms with Crippen LogP contribution < -0.4 is 10.1 Å². The summed E-state index contributed by atoms with van der Waals surface area (Å²) in [6.45, 7) is 9.29. The molecule has 8 nitrogen and oxygen atoms in total. The fourth-order valence-corrected chi connectivity index (χ4v) is 5.01. The number of hydrogen-bond donors (Lipinski definition) is 1. The topological polar surface area (TPSA) is 95.3 Å². The summed E-state index contributed by atoms with van der Waals surface area (Å²) in [7, 11) is 1.73. The Hall–Kier alpha value is -3.89. The second-order valence-electron chi connectivity index (χ2n) is 11.7. The minimum Gasteiger partial charge on any atom is -0.477 e. The van der Waals surface area contributed by atoms with E-state index in [1.807, 2.05) is 52.0 Å². The number of anilines is 1. The van der Waals surface area contributed by atoms with Crippen LogP contribution in [-0.4, -0.2) is 46.0 Å². The number of hydrogen-bond acceptors (Lipinski definition) is 7. The van der Waals surface area contributed by atoms with E-state index < -0.39 is 30.5 Å². The largest absolute Gasteiger partial charge is 0.491 e. The summed E-state index contributed by atoms with van der Waals surface area (Å²) in [5.74, 6) is -2.93. The van der Waals surface area contributed by atoms with Crippen molar-refractivity contribution in [2.24, 2.45) is 7.05 Å². The molecular weight excluding hydrogens is 549 g/mol. The van der Waals surface area contributed by atoms with E-state index >= 15 is 0 Å².